The molecule has 8 heteroatoms. The van der Waals surface area contributed by atoms with Crippen LogP contribution in [0, 0.1) is 0 Å². The molecule has 0 unspecified atom stereocenters. The molecule has 2 amide bonds. The summed E-state index contributed by atoms with van der Waals surface area (Å²) < 4.78 is 28.1. The van der Waals surface area contributed by atoms with Crippen molar-refractivity contribution in [2.75, 3.05) is 11.9 Å². The number of carboxylic acid groups (broad SMARTS) is 1. The predicted molar refractivity (Wildman–Crippen MR) is 71.6 cm³/mol. The molecule has 0 aliphatic heterocycles. The van der Waals surface area contributed by atoms with Gasteiger partial charge in [-0.3, -0.25) is 4.79 Å². The molecule has 0 radical (unpaired) electrons. The Morgan fingerprint density at radius 2 is 1.86 bits per heavy atom. The SMILES string of the molecule is O=C(O)CCCCNC(=O)Nc1ccc(OC(F)F)cc1. The fourth-order valence-electron chi connectivity index (χ4n) is 1.50. The molecule has 0 bridgehead atoms. The molecule has 0 aromatic heterocycles. The maximum atomic E-state index is 11.9. The van der Waals surface area contributed by atoms with E-state index in [1.54, 1.807) is 0 Å². The minimum Gasteiger partial charge on any atom is -0.481 e. The van der Waals surface area contributed by atoms with Crippen LogP contribution >= 0.6 is 0 Å². The Labute approximate surface area is 120 Å². The third-order valence-electron chi connectivity index (χ3n) is 2.44. The molecule has 0 fully saturated rings. The summed E-state index contributed by atoms with van der Waals surface area (Å²) in [7, 11) is 0. The van der Waals surface area contributed by atoms with Crippen LogP contribution in [0.4, 0.5) is 19.3 Å². The van der Waals surface area contributed by atoms with Gasteiger partial charge in [0, 0.05) is 18.7 Å². The zero-order chi connectivity index (χ0) is 15.7. The van der Waals surface area contributed by atoms with E-state index in [-0.39, 0.29) is 12.2 Å². The Morgan fingerprint density at radius 1 is 1.19 bits per heavy atom. The normalized spacial score (nSPS) is 10.2. The number of rotatable bonds is 8. The van der Waals surface area contributed by atoms with Gasteiger partial charge < -0.3 is 20.5 Å². The van der Waals surface area contributed by atoms with Gasteiger partial charge in [0.1, 0.15) is 5.75 Å². The first kappa shape index (κ1) is 16.7. The molecule has 1 aromatic carbocycles. The summed E-state index contributed by atoms with van der Waals surface area (Å²) in [4.78, 5) is 21.8. The minimum absolute atomic E-state index is 0.00429. The molecule has 6 nitrogen and oxygen atoms in total. The minimum atomic E-state index is -2.89. The van der Waals surface area contributed by atoms with Crippen molar-refractivity contribution < 1.29 is 28.2 Å². The molecule has 116 valence electrons. The third-order valence-corrected chi connectivity index (χ3v) is 2.44. The number of ether oxygens (including phenoxy) is 1. The van der Waals surface area contributed by atoms with Gasteiger partial charge in [-0.15, -0.1) is 0 Å². The molecule has 3 N–H and O–H groups in total. The number of alkyl halides is 2. The molecular formula is C13H16F2N2O4. The van der Waals surface area contributed by atoms with E-state index in [4.69, 9.17) is 5.11 Å². The summed E-state index contributed by atoms with van der Waals surface area (Å²) in [6.45, 7) is -2.54. The summed E-state index contributed by atoms with van der Waals surface area (Å²) >= 11 is 0. The van der Waals surface area contributed by atoms with Gasteiger partial charge >= 0.3 is 18.6 Å². The lowest BCUT2D eigenvalue weighted by atomic mass is 10.2. The molecule has 0 atom stereocenters. The van der Waals surface area contributed by atoms with Crippen molar-refractivity contribution >= 4 is 17.7 Å². The van der Waals surface area contributed by atoms with Gasteiger partial charge in [-0.2, -0.15) is 8.78 Å². The average Bonchev–Trinajstić information content (AvgIpc) is 2.39. The molecule has 0 saturated heterocycles. The molecule has 0 aliphatic rings. The van der Waals surface area contributed by atoms with Crippen molar-refractivity contribution in [3.05, 3.63) is 24.3 Å². The van der Waals surface area contributed by atoms with E-state index in [0.717, 1.165) is 0 Å². The molecule has 21 heavy (non-hydrogen) atoms. The van der Waals surface area contributed by atoms with Crippen LogP contribution < -0.4 is 15.4 Å². The van der Waals surface area contributed by atoms with Crippen molar-refractivity contribution in [2.45, 2.75) is 25.9 Å². The highest BCUT2D eigenvalue weighted by Crippen LogP contribution is 2.17. The second kappa shape index (κ2) is 8.72. The number of carbonyl (C=O) groups is 2. The number of halogens is 2. The molecule has 1 aromatic rings. The second-order valence-corrected chi connectivity index (χ2v) is 4.13. The first-order chi connectivity index (χ1) is 9.97. The predicted octanol–water partition coefficient (Wildman–Crippen LogP) is 2.66. The lowest BCUT2D eigenvalue weighted by Crippen LogP contribution is -2.29. The van der Waals surface area contributed by atoms with Gasteiger partial charge in [0.05, 0.1) is 0 Å². The summed E-state index contributed by atoms with van der Waals surface area (Å²) in [6, 6.07) is 5.04. The molecular weight excluding hydrogens is 286 g/mol. The number of urea groups is 1. The highest BCUT2D eigenvalue weighted by atomic mass is 19.3. The van der Waals surface area contributed by atoms with Gasteiger partial charge in [0.2, 0.25) is 0 Å². The summed E-state index contributed by atoms with van der Waals surface area (Å²) in [6.07, 6.45) is 1.10. The Balaban J connectivity index is 2.26. The fourth-order valence-corrected chi connectivity index (χ4v) is 1.50. The van der Waals surface area contributed by atoms with E-state index >= 15 is 0 Å². The lowest BCUT2D eigenvalue weighted by Gasteiger charge is -2.08. The van der Waals surface area contributed by atoms with Crippen LogP contribution in [0.25, 0.3) is 0 Å². The van der Waals surface area contributed by atoms with Crippen molar-refractivity contribution in [2.24, 2.45) is 0 Å². The Kier molecular flexibility index (Phi) is 6.93. The largest absolute Gasteiger partial charge is 0.481 e. The highest BCUT2D eigenvalue weighted by molar-refractivity contribution is 5.89. The quantitative estimate of drug-likeness (QED) is 0.644. The number of carboxylic acids is 1. The molecule has 0 aliphatic carbocycles. The third kappa shape index (κ3) is 7.71. The van der Waals surface area contributed by atoms with E-state index < -0.39 is 18.6 Å². The van der Waals surface area contributed by atoms with Gasteiger partial charge in [-0.05, 0) is 37.1 Å². The van der Waals surface area contributed by atoms with E-state index in [9.17, 15) is 18.4 Å². The maximum absolute atomic E-state index is 11.9. The Hall–Kier alpha value is -2.38. The van der Waals surface area contributed by atoms with Crippen LogP contribution in [-0.4, -0.2) is 30.3 Å². The van der Waals surface area contributed by atoms with E-state index in [0.29, 0.717) is 25.1 Å². The summed E-state index contributed by atoms with van der Waals surface area (Å²) in [5, 5.41) is 13.5. The van der Waals surface area contributed by atoms with Crippen molar-refractivity contribution in [1.82, 2.24) is 5.32 Å². The Bertz CT molecular complexity index is 466. The van der Waals surface area contributed by atoms with Crippen LogP contribution in [0.5, 0.6) is 5.75 Å². The average molecular weight is 302 g/mol. The van der Waals surface area contributed by atoms with Crippen LogP contribution in [0.15, 0.2) is 24.3 Å². The van der Waals surface area contributed by atoms with Gasteiger partial charge in [0.15, 0.2) is 0 Å². The fraction of sp³-hybridized carbons (Fsp3) is 0.385. The molecule has 0 spiro atoms. The van der Waals surface area contributed by atoms with Gasteiger partial charge in [-0.25, -0.2) is 4.79 Å². The van der Waals surface area contributed by atoms with Crippen LogP contribution in [0.3, 0.4) is 0 Å². The summed E-state index contributed by atoms with van der Waals surface area (Å²) in [5.74, 6) is -0.866. The van der Waals surface area contributed by atoms with Gasteiger partial charge in [-0.1, -0.05) is 0 Å². The number of hydrogen-bond donors (Lipinski definition) is 3. The highest BCUT2D eigenvalue weighted by Gasteiger charge is 2.05. The number of anilines is 1. The van der Waals surface area contributed by atoms with E-state index in [1.807, 2.05) is 0 Å². The van der Waals surface area contributed by atoms with E-state index in [1.165, 1.54) is 24.3 Å². The van der Waals surface area contributed by atoms with Crippen molar-refractivity contribution in [1.29, 1.82) is 0 Å². The van der Waals surface area contributed by atoms with Crippen molar-refractivity contribution in [3.8, 4) is 5.75 Å². The number of hydrogen-bond acceptors (Lipinski definition) is 3. The van der Waals surface area contributed by atoms with Crippen LogP contribution in [0.1, 0.15) is 19.3 Å². The topological polar surface area (TPSA) is 87.7 Å². The molecule has 0 saturated carbocycles. The number of benzene rings is 1. The number of amides is 2. The van der Waals surface area contributed by atoms with Crippen LogP contribution in [-0.2, 0) is 4.79 Å². The first-order valence-corrected chi connectivity index (χ1v) is 6.29. The maximum Gasteiger partial charge on any atom is 0.387 e. The zero-order valence-electron chi connectivity index (χ0n) is 11.1. The van der Waals surface area contributed by atoms with Gasteiger partial charge in [0.25, 0.3) is 0 Å². The number of unbranched alkanes of at least 4 members (excludes halogenated alkanes) is 1. The second-order valence-electron chi connectivity index (χ2n) is 4.13. The van der Waals surface area contributed by atoms with Crippen molar-refractivity contribution in [3.63, 3.8) is 0 Å². The van der Waals surface area contributed by atoms with E-state index in [2.05, 4.69) is 15.4 Å². The number of carbonyl (C=O) groups excluding carboxylic acids is 1. The lowest BCUT2D eigenvalue weighted by molar-refractivity contribution is -0.137. The van der Waals surface area contributed by atoms with Crippen LogP contribution in [0.2, 0.25) is 0 Å². The number of aliphatic carboxylic acids is 1. The Morgan fingerprint density at radius 3 is 2.43 bits per heavy atom. The molecule has 0 heterocycles. The zero-order valence-corrected chi connectivity index (χ0v) is 11.1. The first-order valence-electron chi connectivity index (χ1n) is 6.29. The summed E-state index contributed by atoms with van der Waals surface area (Å²) in [5.41, 5.74) is 0.430. The smallest absolute Gasteiger partial charge is 0.387 e. The standard InChI is InChI=1S/C13H16F2N2O4/c14-12(15)21-10-6-4-9(5-7-10)17-13(20)16-8-2-1-3-11(18)19/h4-7,12H,1-3,8H2,(H,18,19)(H2,16,17,20). The molecule has 1 rings (SSSR count). The number of nitrogens with one attached hydrogen (secondary N) is 2. The monoisotopic (exact) mass is 302 g/mol.